The fraction of sp³-hybridized carbons (Fsp3) is 0.0909. The van der Waals surface area contributed by atoms with Crippen molar-refractivity contribution in [3.8, 4) is 22.8 Å². The molecular formula is C22H19N3O3S. The third kappa shape index (κ3) is 4.14. The molecule has 0 saturated carbocycles. The molecule has 2 aromatic heterocycles. The predicted octanol–water partition coefficient (Wildman–Crippen LogP) is 4.73. The number of imidazole rings is 1. The van der Waals surface area contributed by atoms with Crippen LogP contribution in [0.15, 0.2) is 66.3 Å². The summed E-state index contributed by atoms with van der Waals surface area (Å²) in [5.74, 6) is 1.04. The zero-order chi connectivity index (χ0) is 20.2. The van der Waals surface area contributed by atoms with Crippen molar-refractivity contribution in [1.29, 1.82) is 0 Å². The van der Waals surface area contributed by atoms with Crippen LogP contribution in [0.1, 0.15) is 5.56 Å². The van der Waals surface area contributed by atoms with Crippen molar-refractivity contribution in [2.24, 2.45) is 0 Å². The Morgan fingerprint density at radius 3 is 2.79 bits per heavy atom. The third-order valence-electron chi connectivity index (χ3n) is 4.35. The van der Waals surface area contributed by atoms with Crippen molar-refractivity contribution >= 4 is 34.0 Å². The summed E-state index contributed by atoms with van der Waals surface area (Å²) in [6.07, 6.45) is 7.16. The maximum atomic E-state index is 12.3. The second kappa shape index (κ2) is 8.20. The molecule has 0 aliphatic carbocycles. The van der Waals surface area contributed by atoms with Crippen LogP contribution in [0.5, 0.6) is 11.5 Å². The van der Waals surface area contributed by atoms with Crippen molar-refractivity contribution in [3.63, 3.8) is 0 Å². The number of nitrogens with one attached hydrogen (secondary N) is 1. The van der Waals surface area contributed by atoms with Crippen LogP contribution in [0.4, 0.5) is 5.69 Å². The summed E-state index contributed by atoms with van der Waals surface area (Å²) in [6.45, 7) is 0. The van der Waals surface area contributed by atoms with E-state index in [0.29, 0.717) is 17.2 Å². The first kappa shape index (κ1) is 18.8. The van der Waals surface area contributed by atoms with Crippen molar-refractivity contribution in [1.82, 2.24) is 9.38 Å². The molecule has 0 unspecified atom stereocenters. The molecule has 0 saturated heterocycles. The quantitative estimate of drug-likeness (QED) is 0.471. The molecule has 7 heteroatoms. The minimum atomic E-state index is -0.220. The monoisotopic (exact) mass is 405 g/mol. The molecule has 2 heterocycles. The van der Waals surface area contributed by atoms with Gasteiger partial charge in [0.2, 0.25) is 5.91 Å². The second-order valence-electron chi connectivity index (χ2n) is 6.24. The molecule has 0 spiro atoms. The van der Waals surface area contributed by atoms with Gasteiger partial charge >= 0.3 is 0 Å². The van der Waals surface area contributed by atoms with Crippen molar-refractivity contribution in [2.75, 3.05) is 19.5 Å². The van der Waals surface area contributed by atoms with Gasteiger partial charge in [-0.3, -0.25) is 9.20 Å². The average molecular weight is 405 g/mol. The summed E-state index contributed by atoms with van der Waals surface area (Å²) in [5, 5.41) is 4.88. The van der Waals surface area contributed by atoms with Crippen LogP contribution < -0.4 is 14.8 Å². The standard InChI is InChI=1S/C22H19N3O3S/c1-27-19-8-6-15(12-20(19)28-2)7-9-21(26)23-17-5-3-4-16(13-17)18-14-25-10-11-29-22(25)24-18/h3-14H,1-2H3,(H,23,26)/b9-7+. The number of methoxy groups -OCH3 is 2. The van der Waals surface area contributed by atoms with E-state index in [-0.39, 0.29) is 5.91 Å². The van der Waals surface area contributed by atoms with E-state index in [1.165, 1.54) is 6.08 Å². The minimum absolute atomic E-state index is 0.220. The van der Waals surface area contributed by atoms with E-state index >= 15 is 0 Å². The van der Waals surface area contributed by atoms with E-state index in [2.05, 4.69) is 10.3 Å². The lowest BCUT2D eigenvalue weighted by Crippen LogP contribution is -2.07. The second-order valence-corrected chi connectivity index (χ2v) is 7.11. The molecule has 4 rings (SSSR count). The molecule has 1 N–H and O–H groups in total. The molecule has 0 aliphatic heterocycles. The molecule has 0 fully saturated rings. The number of benzene rings is 2. The van der Waals surface area contributed by atoms with Gasteiger partial charge in [0, 0.05) is 35.1 Å². The summed E-state index contributed by atoms with van der Waals surface area (Å²) >= 11 is 1.58. The van der Waals surface area contributed by atoms with Crippen LogP contribution in [0.2, 0.25) is 0 Å². The first-order chi connectivity index (χ1) is 14.2. The van der Waals surface area contributed by atoms with E-state index in [1.807, 2.05) is 58.6 Å². The average Bonchev–Trinajstić information content (AvgIpc) is 3.34. The van der Waals surface area contributed by atoms with Crippen LogP contribution in [-0.4, -0.2) is 29.5 Å². The van der Waals surface area contributed by atoms with Crippen LogP contribution in [-0.2, 0) is 4.79 Å². The number of carbonyl (C=O) groups excluding carboxylic acids is 1. The highest BCUT2D eigenvalue weighted by atomic mass is 32.1. The molecule has 0 radical (unpaired) electrons. The Morgan fingerprint density at radius 2 is 2.00 bits per heavy atom. The molecule has 0 bridgehead atoms. The zero-order valence-corrected chi connectivity index (χ0v) is 16.8. The summed E-state index contributed by atoms with van der Waals surface area (Å²) in [4.78, 5) is 17.9. The van der Waals surface area contributed by atoms with Gasteiger partial charge in [-0.25, -0.2) is 4.98 Å². The molecule has 146 valence electrons. The molecule has 29 heavy (non-hydrogen) atoms. The van der Waals surface area contributed by atoms with Gasteiger partial charge in [-0.2, -0.15) is 0 Å². The van der Waals surface area contributed by atoms with E-state index in [4.69, 9.17) is 9.47 Å². The highest BCUT2D eigenvalue weighted by Gasteiger charge is 2.07. The van der Waals surface area contributed by atoms with E-state index < -0.39 is 0 Å². The smallest absolute Gasteiger partial charge is 0.248 e. The minimum Gasteiger partial charge on any atom is -0.493 e. The fourth-order valence-electron chi connectivity index (χ4n) is 2.94. The number of hydrogen-bond donors (Lipinski definition) is 1. The summed E-state index contributed by atoms with van der Waals surface area (Å²) in [6, 6.07) is 13.1. The molecule has 4 aromatic rings. The highest BCUT2D eigenvalue weighted by molar-refractivity contribution is 7.15. The van der Waals surface area contributed by atoms with Crippen LogP contribution in [0, 0.1) is 0 Å². The molecule has 2 aromatic carbocycles. The largest absolute Gasteiger partial charge is 0.493 e. The molecule has 6 nitrogen and oxygen atoms in total. The summed E-state index contributed by atoms with van der Waals surface area (Å²) in [5.41, 5.74) is 3.36. The Labute approximate surface area is 172 Å². The predicted molar refractivity (Wildman–Crippen MR) is 116 cm³/mol. The maximum Gasteiger partial charge on any atom is 0.248 e. The van der Waals surface area contributed by atoms with Gasteiger partial charge < -0.3 is 14.8 Å². The molecular weight excluding hydrogens is 386 g/mol. The summed E-state index contributed by atoms with van der Waals surface area (Å²) in [7, 11) is 3.16. The highest BCUT2D eigenvalue weighted by Crippen LogP contribution is 2.28. The lowest BCUT2D eigenvalue weighted by Gasteiger charge is -2.07. The summed E-state index contributed by atoms with van der Waals surface area (Å²) < 4.78 is 12.5. The van der Waals surface area contributed by atoms with Gasteiger partial charge in [0.1, 0.15) is 0 Å². The van der Waals surface area contributed by atoms with Crippen molar-refractivity contribution in [3.05, 3.63) is 71.9 Å². The molecule has 0 atom stereocenters. The first-order valence-electron chi connectivity index (χ1n) is 8.90. The molecule has 1 amide bonds. The normalized spacial score (nSPS) is 11.1. The number of anilines is 1. The van der Waals surface area contributed by atoms with Crippen molar-refractivity contribution in [2.45, 2.75) is 0 Å². The number of carbonyl (C=O) groups is 1. The third-order valence-corrected chi connectivity index (χ3v) is 5.12. The van der Waals surface area contributed by atoms with Gasteiger partial charge in [0.25, 0.3) is 0 Å². The Morgan fingerprint density at radius 1 is 1.14 bits per heavy atom. The van der Waals surface area contributed by atoms with Gasteiger partial charge in [-0.1, -0.05) is 18.2 Å². The van der Waals surface area contributed by atoms with Crippen LogP contribution in [0.25, 0.3) is 22.3 Å². The molecule has 0 aliphatic rings. The van der Waals surface area contributed by atoms with Crippen molar-refractivity contribution < 1.29 is 14.3 Å². The van der Waals surface area contributed by atoms with Gasteiger partial charge in [0.05, 0.1) is 19.9 Å². The van der Waals surface area contributed by atoms with E-state index in [0.717, 1.165) is 21.8 Å². The zero-order valence-electron chi connectivity index (χ0n) is 16.0. The lowest BCUT2D eigenvalue weighted by molar-refractivity contribution is -0.111. The van der Waals surface area contributed by atoms with Gasteiger partial charge in [-0.15, -0.1) is 11.3 Å². The Balaban J connectivity index is 1.47. The first-order valence-corrected chi connectivity index (χ1v) is 9.78. The van der Waals surface area contributed by atoms with Gasteiger partial charge in [-0.05, 0) is 35.9 Å². The number of hydrogen-bond acceptors (Lipinski definition) is 5. The Hall–Kier alpha value is -3.58. The Bertz CT molecular complexity index is 1160. The Kier molecular flexibility index (Phi) is 5.31. The number of fused-ring (bicyclic) bond motifs is 1. The topological polar surface area (TPSA) is 64.9 Å². The van der Waals surface area contributed by atoms with Crippen LogP contribution >= 0.6 is 11.3 Å². The number of aromatic nitrogens is 2. The number of rotatable bonds is 6. The number of ether oxygens (including phenoxy) is 2. The van der Waals surface area contributed by atoms with Crippen LogP contribution in [0.3, 0.4) is 0 Å². The van der Waals surface area contributed by atoms with E-state index in [1.54, 1.807) is 37.7 Å². The number of thiazole rings is 1. The number of nitrogens with zero attached hydrogens (tertiary/aromatic N) is 2. The fourth-order valence-corrected chi connectivity index (χ4v) is 3.64. The van der Waals surface area contributed by atoms with Gasteiger partial charge in [0.15, 0.2) is 16.5 Å². The van der Waals surface area contributed by atoms with E-state index in [9.17, 15) is 4.79 Å². The number of amides is 1. The SMILES string of the molecule is COc1ccc(/C=C/C(=O)Nc2cccc(-c3cn4ccsc4n3)c2)cc1OC. The maximum absolute atomic E-state index is 12.3. The lowest BCUT2D eigenvalue weighted by atomic mass is 10.1.